The van der Waals surface area contributed by atoms with E-state index in [0.29, 0.717) is 12.3 Å². The van der Waals surface area contributed by atoms with E-state index >= 15 is 0 Å². The number of carbonyl (C=O) groups excluding carboxylic acids is 1. The number of anilines is 1. The molecular formula is C25H35ClN4O. The van der Waals surface area contributed by atoms with Gasteiger partial charge in [0.15, 0.2) is 0 Å². The lowest BCUT2D eigenvalue weighted by atomic mass is 10.0. The minimum atomic E-state index is 0.299. The lowest BCUT2D eigenvalue weighted by molar-refractivity contribution is -0.131. The van der Waals surface area contributed by atoms with E-state index in [1.54, 1.807) is 0 Å². The highest BCUT2D eigenvalue weighted by atomic mass is 35.5. The largest absolute Gasteiger partial charge is 0.353 e. The summed E-state index contributed by atoms with van der Waals surface area (Å²) in [6.07, 6.45) is 7.36. The van der Waals surface area contributed by atoms with Gasteiger partial charge in [0.05, 0.1) is 0 Å². The second kappa shape index (κ2) is 11.5. The number of hydrogen-bond donors (Lipinski definition) is 0. The van der Waals surface area contributed by atoms with Crippen LogP contribution in [0.4, 0.5) is 5.82 Å². The summed E-state index contributed by atoms with van der Waals surface area (Å²) in [5.74, 6) is 2.09. The molecule has 6 heteroatoms. The highest BCUT2D eigenvalue weighted by Crippen LogP contribution is 2.26. The zero-order valence-corrected chi connectivity index (χ0v) is 19.9. The van der Waals surface area contributed by atoms with Crippen molar-refractivity contribution in [2.24, 2.45) is 0 Å². The number of aryl methyl sites for hydroxylation is 2. The van der Waals surface area contributed by atoms with E-state index in [-0.39, 0.29) is 0 Å². The predicted octanol–water partition coefficient (Wildman–Crippen LogP) is 5.35. The van der Waals surface area contributed by atoms with Crippen molar-refractivity contribution in [1.29, 1.82) is 0 Å². The molecule has 0 N–H and O–H groups in total. The quantitative estimate of drug-likeness (QED) is 0.491. The molecule has 31 heavy (non-hydrogen) atoms. The lowest BCUT2D eigenvalue weighted by Crippen LogP contribution is -2.49. The number of aromatic nitrogens is 2. The third kappa shape index (κ3) is 6.67. The molecule has 1 aromatic heterocycles. The summed E-state index contributed by atoms with van der Waals surface area (Å²) in [4.78, 5) is 26.3. The van der Waals surface area contributed by atoms with Gasteiger partial charge in [0.2, 0.25) is 5.91 Å². The summed E-state index contributed by atoms with van der Waals surface area (Å²) in [5.41, 5.74) is 3.37. The van der Waals surface area contributed by atoms with Crippen LogP contribution in [0.5, 0.6) is 0 Å². The van der Waals surface area contributed by atoms with Crippen LogP contribution in [0.2, 0.25) is 5.02 Å². The van der Waals surface area contributed by atoms with Gasteiger partial charge in [-0.15, -0.1) is 0 Å². The highest BCUT2D eigenvalue weighted by Gasteiger charge is 2.24. The fourth-order valence-corrected chi connectivity index (χ4v) is 4.32. The smallest absolute Gasteiger partial charge is 0.222 e. The molecule has 168 valence electrons. The van der Waals surface area contributed by atoms with Crippen molar-refractivity contribution in [3.05, 3.63) is 51.9 Å². The van der Waals surface area contributed by atoms with Crippen LogP contribution in [0.15, 0.2) is 24.3 Å². The van der Waals surface area contributed by atoms with Crippen LogP contribution in [-0.2, 0) is 11.2 Å². The first-order chi connectivity index (χ1) is 15.0. The number of amides is 1. The average Bonchev–Trinajstić information content (AvgIpc) is 2.76. The fourth-order valence-electron chi connectivity index (χ4n) is 4.20. The number of carbonyl (C=O) groups is 1. The van der Waals surface area contributed by atoms with E-state index in [2.05, 4.69) is 35.9 Å². The van der Waals surface area contributed by atoms with Crippen molar-refractivity contribution >= 4 is 23.3 Å². The molecule has 2 heterocycles. The van der Waals surface area contributed by atoms with Crippen molar-refractivity contribution in [2.45, 2.75) is 65.7 Å². The van der Waals surface area contributed by atoms with Crippen molar-refractivity contribution in [2.75, 3.05) is 31.1 Å². The van der Waals surface area contributed by atoms with Crippen molar-refractivity contribution < 1.29 is 4.79 Å². The van der Waals surface area contributed by atoms with E-state index in [4.69, 9.17) is 16.6 Å². The molecule has 2 aromatic rings. The van der Waals surface area contributed by atoms with Gasteiger partial charge in [-0.05, 0) is 38.0 Å². The molecule has 0 atom stereocenters. The van der Waals surface area contributed by atoms with Gasteiger partial charge in [-0.1, -0.05) is 56.3 Å². The minimum Gasteiger partial charge on any atom is -0.353 e. The highest BCUT2D eigenvalue weighted by molar-refractivity contribution is 6.30. The topological polar surface area (TPSA) is 49.3 Å². The van der Waals surface area contributed by atoms with Gasteiger partial charge in [0.25, 0.3) is 0 Å². The summed E-state index contributed by atoms with van der Waals surface area (Å²) in [5, 5.41) is 0.743. The van der Waals surface area contributed by atoms with Crippen LogP contribution in [0, 0.1) is 13.8 Å². The number of rotatable bonds is 9. The molecule has 3 rings (SSSR count). The zero-order valence-electron chi connectivity index (χ0n) is 19.2. The molecular weight excluding hydrogens is 408 g/mol. The standard InChI is InChI=1S/C25H35ClN4O/c1-4-5-6-7-8-9-24(31)29-14-16-30(17-15-29)25-23(19(2)27-20(3)28-25)18-21-10-12-22(26)13-11-21/h10-13H,4-9,14-18H2,1-3H3. The molecule has 1 aliphatic heterocycles. The second-order valence-corrected chi connectivity index (χ2v) is 8.93. The number of nitrogens with zero attached hydrogens (tertiary/aromatic N) is 4. The van der Waals surface area contributed by atoms with E-state index in [0.717, 1.165) is 73.4 Å². The summed E-state index contributed by atoms with van der Waals surface area (Å²) >= 11 is 6.05. The van der Waals surface area contributed by atoms with Gasteiger partial charge in [-0.3, -0.25) is 4.79 Å². The molecule has 1 saturated heterocycles. The molecule has 1 amide bonds. The third-order valence-electron chi connectivity index (χ3n) is 6.02. The molecule has 0 bridgehead atoms. The molecule has 0 aliphatic carbocycles. The molecule has 0 saturated carbocycles. The Labute approximate surface area is 191 Å². The van der Waals surface area contributed by atoms with E-state index < -0.39 is 0 Å². The predicted molar refractivity (Wildman–Crippen MR) is 128 cm³/mol. The summed E-state index contributed by atoms with van der Waals surface area (Å²) in [6.45, 7) is 9.36. The van der Waals surface area contributed by atoms with Crippen LogP contribution in [0.1, 0.15) is 68.1 Å². The van der Waals surface area contributed by atoms with Crippen molar-refractivity contribution in [1.82, 2.24) is 14.9 Å². The average molecular weight is 443 g/mol. The number of piperazine rings is 1. The Hall–Kier alpha value is -2.14. The number of benzene rings is 1. The zero-order chi connectivity index (χ0) is 22.2. The van der Waals surface area contributed by atoms with Gasteiger partial charge < -0.3 is 9.80 Å². The first kappa shape index (κ1) is 23.5. The Morgan fingerprint density at radius 1 is 0.968 bits per heavy atom. The summed E-state index contributed by atoms with van der Waals surface area (Å²) in [6, 6.07) is 7.96. The molecule has 5 nitrogen and oxygen atoms in total. The molecule has 0 unspecified atom stereocenters. The van der Waals surface area contributed by atoms with Crippen LogP contribution < -0.4 is 4.90 Å². The molecule has 1 aliphatic rings. The van der Waals surface area contributed by atoms with Gasteiger partial charge in [0.1, 0.15) is 11.6 Å². The van der Waals surface area contributed by atoms with Crippen LogP contribution >= 0.6 is 11.6 Å². The first-order valence-electron chi connectivity index (χ1n) is 11.6. The summed E-state index contributed by atoms with van der Waals surface area (Å²) < 4.78 is 0. The van der Waals surface area contributed by atoms with Crippen molar-refractivity contribution in [3.8, 4) is 0 Å². The first-order valence-corrected chi connectivity index (χ1v) is 12.0. The van der Waals surface area contributed by atoms with Gasteiger partial charge in [0, 0.05) is 55.3 Å². The second-order valence-electron chi connectivity index (χ2n) is 8.49. The molecule has 1 fully saturated rings. The number of halogens is 1. The van der Waals surface area contributed by atoms with E-state index in [9.17, 15) is 4.79 Å². The molecule has 0 spiro atoms. The Bertz CT molecular complexity index is 861. The van der Waals surface area contributed by atoms with Crippen LogP contribution in [-0.4, -0.2) is 47.0 Å². The third-order valence-corrected chi connectivity index (χ3v) is 6.28. The monoisotopic (exact) mass is 442 g/mol. The Morgan fingerprint density at radius 2 is 1.65 bits per heavy atom. The minimum absolute atomic E-state index is 0.299. The maximum Gasteiger partial charge on any atom is 0.222 e. The molecule has 0 radical (unpaired) electrons. The van der Waals surface area contributed by atoms with E-state index in [1.807, 2.05) is 24.0 Å². The fraction of sp³-hybridized carbons (Fsp3) is 0.560. The van der Waals surface area contributed by atoms with Crippen molar-refractivity contribution in [3.63, 3.8) is 0 Å². The van der Waals surface area contributed by atoms with Crippen LogP contribution in [0.3, 0.4) is 0 Å². The Morgan fingerprint density at radius 3 is 2.32 bits per heavy atom. The lowest BCUT2D eigenvalue weighted by Gasteiger charge is -2.36. The Balaban J connectivity index is 1.63. The molecule has 1 aromatic carbocycles. The number of unbranched alkanes of at least 4 members (excludes halogenated alkanes) is 4. The maximum absolute atomic E-state index is 12.6. The van der Waals surface area contributed by atoms with Crippen LogP contribution in [0.25, 0.3) is 0 Å². The number of hydrogen-bond acceptors (Lipinski definition) is 4. The normalized spacial score (nSPS) is 14.2. The van der Waals surface area contributed by atoms with Gasteiger partial charge in [-0.2, -0.15) is 0 Å². The SMILES string of the molecule is CCCCCCCC(=O)N1CCN(c2nc(C)nc(C)c2Cc2ccc(Cl)cc2)CC1. The maximum atomic E-state index is 12.6. The van der Waals surface area contributed by atoms with Gasteiger partial charge >= 0.3 is 0 Å². The Kier molecular flexibility index (Phi) is 8.70. The van der Waals surface area contributed by atoms with Gasteiger partial charge in [-0.25, -0.2) is 9.97 Å². The van der Waals surface area contributed by atoms with E-state index in [1.165, 1.54) is 24.8 Å². The summed E-state index contributed by atoms with van der Waals surface area (Å²) in [7, 11) is 0.